The van der Waals surface area contributed by atoms with Crippen molar-refractivity contribution in [2.24, 2.45) is 0 Å². The van der Waals surface area contributed by atoms with E-state index in [9.17, 15) is 65.8 Å². The van der Waals surface area contributed by atoms with Crippen LogP contribution in [-0.4, -0.2) is 197 Å². The Morgan fingerprint density at radius 1 is 0.617 bits per heavy atom. The van der Waals surface area contributed by atoms with E-state index in [0.29, 0.717) is 0 Å². The van der Waals surface area contributed by atoms with Crippen molar-refractivity contribution in [1.82, 2.24) is 5.32 Å². The number of aliphatic carboxylic acids is 1. The first-order valence-electron chi connectivity index (χ1n) is 14.8. The van der Waals surface area contributed by atoms with Gasteiger partial charge in [0, 0.05) is 6.92 Å². The first kappa shape index (κ1) is 38.1. The zero-order chi connectivity index (χ0) is 35.1. The Bertz CT molecular complexity index is 1070. The van der Waals surface area contributed by atoms with Gasteiger partial charge >= 0.3 is 5.97 Å². The van der Waals surface area contributed by atoms with Crippen molar-refractivity contribution >= 4 is 11.9 Å². The molecular formula is C26H43NO20. The normalized spacial score (nSPS) is 50.9. The number of aliphatic hydroxyl groups is 10. The SMILES string of the molecule is CC(=O)NC1C(O)OC(CO)C(O)C1OC1OC(C(=O)O)C(OC2O[C@@H](C)C(O)C(O)C2OC2O[C@@H](C)C(O)C(O)C2O)C(O)C1O. The second-order valence-corrected chi connectivity index (χ2v) is 11.9. The lowest BCUT2D eigenvalue weighted by atomic mass is 9.95. The Hall–Kier alpha value is -1.74. The number of ether oxygens (including phenoxy) is 7. The van der Waals surface area contributed by atoms with Crippen LogP contribution in [0.5, 0.6) is 0 Å². The fraction of sp³-hybridized carbons (Fsp3) is 0.923. The third kappa shape index (κ3) is 7.86. The van der Waals surface area contributed by atoms with Crippen LogP contribution < -0.4 is 5.32 Å². The summed E-state index contributed by atoms with van der Waals surface area (Å²) in [7, 11) is 0. The molecular weight excluding hydrogens is 646 g/mol. The highest BCUT2D eigenvalue weighted by molar-refractivity contribution is 5.74. The van der Waals surface area contributed by atoms with Gasteiger partial charge in [-0.25, -0.2) is 4.79 Å². The number of hydrogen-bond donors (Lipinski definition) is 12. The zero-order valence-electron chi connectivity index (χ0n) is 25.3. The molecule has 18 unspecified atom stereocenters. The molecule has 20 atom stereocenters. The molecule has 4 rings (SSSR count). The third-order valence-electron chi connectivity index (χ3n) is 8.50. The van der Waals surface area contributed by atoms with E-state index in [-0.39, 0.29) is 0 Å². The summed E-state index contributed by atoms with van der Waals surface area (Å²) in [5, 5.41) is 117. The Balaban J connectivity index is 1.56. The Kier molecular flexibility index (Phi) is 12.5. The monoisotopic (exact) mass is 689 g/mol. The van der Waals surface area contributed by atoms with Crippen LogP contribution in [0, 0.1) is 0 Å². The molecule has 0 aliphatic carbocycles. The van der Waals surface area contributed by atoms with E-state index in [4.69, 9.17) is 33.2 Å². The van der Waals surface area contributed by atoms with Gasteiger partial charge in [-0.2, -0.15) is 0 Å². The molecule has 4 aliphatic heterocycles. The fourth-order valence-corrected chi connectivity index (χ4v) is 5.78. The number of carbonyl (C=O) groups is 2. The number of hydrogen-bond acceptors (Lipinski definition) is 19. The summed E-state index contributed by atoms with van der Waals surface area (Å²) in [6.07, 6.45) is -33.6. The smallest absolute Gasteiger partial charge is 0.335 e. The molecule has 47 heavy (non-hydrogen) atoms. The van der Waals surface area contributed by atoms with Gasteiger partial charge in [-0.15, -0.1) is 0 Å². The van der Waals surface area contributed by atoms with E-state index in [1.807, 2.05) is 0 Å². The van der Waals surface area contributed by atoms with E-state index in [2.05, 4.69) is 5.32 Å². The number of aliphatic hydroxyl groups excluding tert-OH is 10. The van der Waals surface area contributed by atoms with E-state index in [1.165, 1.54) is 13.8 Å². The van der Waals surface area contributed by atoms with Gasteiger partial charge in [0.25, 0.3) is 0 Å². The lowest BCUT2D eigenvalue weighted by Gasteiger charge is -2.49. The van der Waals surface area contributed by atoms with E-state index >= 15 is 0 Å². The molecule has 1 amide bonds. The number of carboxylic acids is 1. The number of amides is 1. The molecule has 0 aromatic carbocycles. The van der Waals surface area contributed by atoms with E-state index in [1.54, 1.807) is 0 Å². The van der Waals surface area contributed by atoms with E-state index < -0.39 is 141 Å². The van der Waals surface area contributed by atoms with Crippen LogP contribution >= 0.6 is 0 Å². The van der Waals surface area contributed by atoms with Gasteiger partial charge in [0.15, 0.2) is 31.3 Å². The van der Waals surface area contributed by atoms with Crippen molar-refractivity contribution in [1.29, 1.82) is 0 Å². The predicted molar refractivity (Wildman–Crippen MR) is 143 cm³/mol. The molecule has 0 spiro atoms. The summed E-state index contributed by atoms with van der Waals surface area (Å²) in [5.41, 5.74) is 0. The topological polar surface area (TPSA) is 333 Å². The van der Waals surface area contributed by atoms with Crippen LogP contribution in [0.3, 0.4) is 0 Å². The molecule has 4 fully saturated rings. The van der Waals surface area contributed by atoms with Crippen molar-refractivity contribution in [3.63, 3.8) is 0 Å². The number of nitrogens with one attached hydrogen (secondary N) is 1. The standard InChI is InChI=1S/C26H43NO20/c1-5-10(30)13(33)16(36)24(41-5)46-20-14(34)11(31)6(2)42-26(20)45-19-15(35)17(37)25(47-21(19)22(38)39)44-18-9(27-7(3)29)23(40)43-8(4-28)12(18)32/h5-6,8-21,23-26,28,30-37,40H,4H2,1-3H3,(H,27,29)(H,38,39)/t5-,6-,8?,9?,10?,11?,12?,13?,14?,15?,16?,17?,18?,19?,20?,21?,23?,24?,25?,26?/m0/s1. The van der Waals surface area contributed by atoms with Gasteiger partial charge < -0.3 is 94.6 Å². The van der Waals surface area contributed by atoms with Gasteiger partial charge in [-0.05, 0) is 13.8 Å². The Morgan fingerprint density at radius 3 is 1.68 bits per heavy atom. The third-order valence-corrected chi connectivity index (χ3v) is 8.50. The van der Waals surface area contributed by atoms with Crippen LogP contribution in [0.25, 0.3) is 0 Å². The molecule has 21 nitrogen and oxygen atoms in total. The van der Waals surface area contributed by atoms with Crippen molar-refractivity contribution in [3.8, 4) is 0 Å². The molecule has 12 N–H and O–H groups in total. The lowest BCUT2D eigenvalue weighted by Crippen LogP contribution is -2.69. The summed E-state index contributed by atoms with van der Waals surface area (Å²) in [6.45, 7) is 2.92. The van der Waals surface area contributed by atoms with Crippen LogP contribution in [0.15, 0.2) is 0 Å². The minimum absolute atomic E-state index is 0.708. The maximum atomic E-state index is 12.3. The van der Waals surface area contributed by atoms with Crippen molar-refractivity contribution in [2.45, 2.75) is 144 Å². The molecule has 272 valence electrons. The van der Waals surface area contributed by atoms with Crippen molar-refractivity contribution in [3.05, 3.63) is 0 Å². The summed E-state index contributed by atoms with van der Waals surface area (Å²) in [6, 6.07) is -1.52. The largest absolute Gasteiger partial charge is 0.479 e. The van der Waals surface area contributed by atoms with Gasteiger partial charge in [-0.1, -0.05) is 0 Å². The first-order chi connectivity index (χ1) is 22.0. The first-order valence-corrected chi connectivity index (χ1v) is 14.8. The lowest BCUT2D eigenvalue weighted by molar-refractivity contribution is -0.386. The highest BCUT2D eigenvalue weighted by Crippen LogP contribution is 2.34. The van der Waals surface area contributed by atoms with Crippen LogP contribution in [0.2, 0.25) is 0 Å². The maximum Gasteiger partial charge on any atom is 0.335 e. The van der Waals surface area contributed by atoms with Crippen LogP contribution in [0.4, 0.5) is 0 Å². The summed E-state index contributed by atoms with van der Waals surface area (Å²) >= 11 is 0. The minimum Gasteiger partial charge on any atom is -0.479 e. The number of carbonyl (C=O) groups excluding carboxylic acids is 1. The molecule has 0 aromatic heterocycles. The van der Waals surface area contributed by atoms with Crippen LogP contribution in [0.1, 0.15) is 20.8 Å². The van der Waals surface area contributed by atoms with Gasteiger partial charge in [-0.3, -0.25) is 4.79 Å². The average molecular weight is 690 g/mol. The molecule has 4 heterocycles. The van der Waals surface area contributed by atoms with E-state index in [0.717, 1.165) is 6.92 Å². The molecule has 4 saturated heterocycles. The second-order valence-electron chi connectivity index (χ2n) is 11.9. The summed E-state index contributed by atoms with van der Waals surface area (Å²) < 4.78 is 38.3. The number of carboxylic acid groups (broad SMARTS) is 1. The molecule has 0 bridgehead atoms. The highest BCUT2D eigenvalue weighted by atomic mass is 16.8. The number of rotatable bonds is 9. The average Bonchev–Trinajstić information content (AvgIpc) is 3.01. The second kappa shape index (κ2) is 15.4. The minimum atomic E-state index is -2.18. The Labute approximate surface area is 266 Å². The fourth-order valence-electron chi connectivity index (χ4n) is 5.78. The quantitative estimate of drug-likeness (QED) is 0.107. The van der Waals surface area contributed by atoms with Gasteiger partial charge in [0.1, 0.15) is 79.3 Å². The van der Waals surface area contributed by atoms with Crippen molar-refractivity contribution in [2.75, 3.05) is 6.61 Å². The zero-order valence-corrected chi connectivity index (χ0v) is 25.3. The Morgan fingerprint density at radius 2 is 1.11 bits per heavy atom. The molecule has 0 aromatic rings. The van der Waals surface area contributed by atoms with Gasteiger partial charge in [0.2, 0.25) is 5.91 Å². The van der Waals surface area contributed by atoms with Crippen molar-refractivity contribution < 1.29 is 98.9 Å². The highest BCUT2D eigenvalue weighted by Gasteiger charge is 2.56. The predicted octanol–water partition coefficient (Wildman–Crippen LogP) is -7.46. The van der Waals surface area contributed by atoms with Crippen LogP contribution in [-0.2, 0) is 42.7 Å². The molecule has 0 radical (unpaired) electrons. The van der Waals surface area contributed by atoms with Gasteiger partial charge in [0.05, 0.1) is 18.8 Å². The summed E-state index contributed by atoms with van der Waals surface area (Å²) in [4.78, 5) is 24.1. The maximum absolute atomic E-state index is 12.3. The summed E-state index contributed by atoms with van der Waals surface area (Å²) in [5.74, 6) is -2.48. The molecule has 4 aliphatic rings. The molecule has 21 heteroatoms. The molecule has 0 saturated carbocycles.